The van der Waals surface area contributed by atoms with Crippen LogP contribution in [-0.2, 0) is 0 Å². The number of aldehydes is 1. The summed E-state index contributed by atoms with van der Waals surface area (Å²) in [4.78, 5) is 10.8. The van der Waals surface area contributed by atoms with Crippen LogP contribution >= 0.6 is 27.3 Å². The van der Waals surface area contributed by atoms with E-state index in [0.717, 1.165) is 22.1 Å². The number of hydrogen-bond acceptors (Lipinski definition) is 3. The molecule has 0 fully saturated rings. The Kier molecular flexibility index (Phi) is 5.48. The highest BCUT2D eigenvalue weighted by Crippen LogP contribution is 2.19. The quantitative estimate of drug-likeness (QED) is 0.738. The van der Waals surface area contributed by atoms with Crippen molar-refractivity contribution in [2.45, 2.75) is 0 Å². The summed E-state index contributed by atoms with van der Waals surface area (Å²) < 4.78 is 1.000. The Bertz CT molecular complexity index is 197. The first-order valence-corrected chi connectivity index (χ1v) is 4.09. The minimum atomic E-state index is 0.761. The lowest BCUT2D eigenvalue weighted by molar-refractivity contribution is 0.112. The largest absolute Gasteiger partial charge is 0.400 e. The van der Waals surface area contributed by atoms with Gasteiger partial charge in [-0.15, -0.1) is 11.3 Å². The smallest absolute Gasteiger partial charge is 0.160 e. The molecule has 0 aliphatic heterocycles. The number of carbonyl (C=O) groups is 1. The van der Waals surface area contributed by atoms with E-state index in [1.807, 2.05) is 6.07 Å². The number of aliphatic hydroxyl groups is 1. The monoisotopic (exact) mass is 222 g/mol. The average molecular weight is 223 g/mol. The van der Waals surface area contributed by atoms with Gasteiger partial charge in [-0.05, 0) is 28.1 Å². The molecule has 0 aliphatic rings. The SMILES string of the molecule is CO.O=Cc1ccc(Br)s1. The first-order valence-electron chi connectivity index (χ1n) is 2.48. The van der Waals surface area contributed by atoms with E-state index in [1.165, 1.54) is 11.3 Å². The average Bonchev–Trinajstić information content (AvgIpc) is 2.40. The summed E-state index contributed by atoms with van der Waals surface area (Å²) in [6, 6.07) is 3.64. The van der Waals surface area contributed by atoms with E-state index in [2.05, 4.69) is 15.9 Å². The van der Waals surface area contributed by atoms with E-state index in [1.54, 1.807) is 6.07 Å². The lowest BCUT2D eigenvalue weighted by atomic mass is 10.5. The molecule has 10 heavy (non-hydrogen) atoms. The Morgan fingerprint density at radius 2 is 2.20 bits per heavy atom. The van der Waals surface area contributed by atoms with Gasteiger partial charge in [0.05, 0.1) is 8.66 Å². The third-order valence-electron chi connectivity index (χ3n) is 0.710. The molecular formula is C6H7BrO2S. The second-order valence-electron chi connectivity index (χ2n) is 1.26. The molecule has 1 aromatic heterocycles. The predicted molar refractivity (Wildman–Crippen MR) is 45.5 cm³/mol. The van der Waals surface area contributed by atoms with Crippen LogP contribution in [0.2, 0.25) is 0 Å². The lowest BCUT2D eigenvalue weighted by Crippen LogP contribution is -1.61. The molecule has 0 aliphatic carbocycles. The molecule has 0 spiro atoms. The van der Waals surface area contributed by atoms with Crippen molar-refractivity contribution in [2.75, 3.05) is 7.11 Å². The van der Waals surface area contributed by atoms with Crippen LogP contribution in [0.5, 0.6) is 0 Å². The lowest BCUT2D eigenvalue weighted by Gasteiger charge is -1.69. The zero-order valence-electron chi connectivity index (χ0n) is 5.37. The van der Waals surface area contributed by atoms with Gasteiger partial charge in [0.25, 0.3) is 0 Å². The highest BCUT2D eigenvalue weighted by Gasteiger charge is 1.91. The molecule has 0 saturated heterocycles. The molecule has 0 radical (unpaired) electrons. The maximum atomic E-state index is 10.0. The van der Waals surface area contributed by atoms with E-state index in [-0.39, 0.29) is 0 Å². The number of aliphatic hydroxyl groups excluding tert-OH is 1. The Balaban J connectivity index is 0.000000371. The van der Waals surface area contributed by atoms with Crippen molar-refractivity contribution in [2.24, 2.45) is 0 Å². The Morgan fingerprint density at radius 1 is 1.60 bits per heavy atom. The molecule has 0 amide bonds. The molecule has 1 rings (SSSR count). The van der Waals surface area contributed by atoms with Crippen LogP contribution in [0.3, 0.4) is 0 Å². The van der Waals surface area contributed by atoms with Gasteiger partial charge in [-0.25, -0.2) is 0 Å². The van der Waals surface area contributed by atoms with Crippen molar-refractivity contribution in [3.05, 3.63) is 20.8 Å². The molecular weight excluding hydrogens is 216 g/mol. The zero-order valence-corrected chi connectivity index (χ0v) is 7.78. The predicted octanol–water partition coefficient (Wildman–Crippen LogP) is 1.93. The van der Waals surface area contributed by atoms with Crippen LogP contribution in [-0.4, -0.2) is 18.5 Å². The molecule has 0 saturated carbocycles. The molecule has 1 N–H and O–H groups in total. The number of carbonyl (C=O) groups excluding carboxylic acids is 1. The van der Waals surface area contributed by atoms with Gasteiger partial charge in [0.15, 0.2) is 6.29 Å². The minimum Gasteiger partial charge on any atom is -0.400 e. The van der Waals surface area contributed by atoms with Crippen molar-refractivity contribution in [3.63, 3.8) is 0 Å². The summed E-state index contributed by atoms with van der Waals surface area (Å²) in [6.45, 7) is 0. The van der Waals surface area contributed by atoms with Crippen molar-refractivity contribution < 1.29 is 9.90 Å². The van der Waals surface area contributed by atoms with Crippen molar-refractivity contribution in [3.8, 4) is 0 Å². The van der Waals surface area contributed by atoms with Crippen LogP contribution in [0.25, 0.3) is 0 Å². The van der Waals surface area contributed by atoms with Crippen LogP contribution in [0.4, 0.5) is 0 Å². The number of halogens is 1. The van der Waals surface area contributed by atoms with E-state index in [4.69, 9.17) is 5.11 Å². The van der Waals surface area contributed by atoms with E-state index >= 15 is 0 Å². The van der Waals surface area contributed by atoms with Crippen LogP contribution < -0.4 is 0 Å². The summed E-state index contributed by atoms with van der Waals surface area (Å²) in [5, 5.41) is 7.00. The molecule has 56 valence electrons. The summed E-state index contributed by atoms with van der Waals surface area (Å²) in [6.07, 6.45) is 0.843. The summed E-state index contributed by atoms with van der Waals surface area (Å²) >= 11 is 4.67. The first-order chi connectivity index (χ1) is 4.83. The standard InChI is InChI=1S/C5H3BrOS.CH4O/c6-5-2-1-4(3-7)8-5;1-2/h1-3H;2H,1H3. The number of rotatable bonds is 1. The van der Waals surface area contributed by atoms with Crippen LogP contribution in [0, 0.1) is 0 Å². The molecule has 1 aromatic rings. The Hall–Kier alpha value is -0.190. The van der Waals surface area contributed by atoms with Crippen molar-refractivity contribution in [1.82, 2.24) is 0 Å². The maximum Gasteiger partial charge on any atom is 0.160 e. The molecule has 0 bridgehead atoms. The topological polar surface area (TPSA) is 37.3 Å². The first kappa shape index (κ1) is 9.81. The Labute approximate surface area is 71.6 Å². The van der Waals surface area contributed by atoms with Gasteiger partial charge in [-0.3, -0.25) is 4.79 Å². The van der Waals surface area contributed by atoms with E-state index in [9.17, 15) is 4.79 Å². The zero-order chi connectivity index (χ0) is 7.98. The summed E-state index contributed by atoms with van der Waals surface area (Å²) in [5.74, 6) is 0. The molecule has 0 aromatic carbocycles. The van der Waals surface area contributed by atoms with Gasteiger partial charge in [0.2, 0.25) is 0 Å². The molecule has 0 unspecified atom stereocenters. The molecule has 1 heterocycles. The van der Waals surface area contributed by atoms with Crippen molar-refractivity contribution >= 4 is 33.6 Å². The fraction of sp³-hybridized carbons (Fsp3) is 0.167. The highest BCUT2D eigenvalue weighted by atomic mass is 79.9. The molecule has 4 heteroatoms. The fourth-order valence-electron chi connectivity index (χ4n) is 0.392. The molecule has 2 nitrogen and oxygen atoms in total. The highest BCUT2D eigenvalue weighted by molar-refractivity contribution is 9.11. The van der Waals surface area contributed by atoms with Gasteiger partial charge in [-0.2, -0.15) is 0 Å². The number of thiophene rings is 1. The fourth-order valence-corrected chi connectivity index (χ4v) is 1.63. The van der Waals surface area contributed by atoms with Crippen LogP contribution in [0.15, 0.2) is 15.9 Å². The summed E-state index contributed by atoms with van der Waals surface area (Å²) in [5.41, 5.74) is 0. The second kappa shape index (κ2) is 5.58. The van der Waals surface area contributed by atoms with Crippen LogP contribution in [0.1, 0.15) is 9.67 Å². The van der Waals surface area contributed by atoms with Gasteiger partial charge >= 0.3 is 0 Å². The Morgan fingerprint density at radius 3 is 2.40 bits per heavy atom. The van der Waals surface area contributed by atoms with Gasteiger partial charge in [0, 0.05) is 7.11 Å². The third kappa shape index (κ3) is 3.10. The van der Waals surface area contributed by atoms with Gasteiger partial charge in [0.1, 0.15) is 0 Å². The maximum absolute atomic E-state index is 10.0. The molecule has 0 atom stereocenters. The van der Waals surface area contributed by atoms with Gasteiger partial charge < -0.3 is 5.11 Å². The third-order valence-corrected chi connectivity index (χ3v) is 2.26. The minimum absolute atomic E-state index is 0.761. The van der Waals surface area contributed by atoms with E-state index in [0.29, 0.717) is 0 Å². The number of hydrogen-bond donors (Lipinski definition) is 1. The van der Waals surface area contributed by atoms with Crippen molar-refractivity contribution in [1.29, 1.82) is 0 Å². The van der Waals surface area contributed by atoms with E-state index < -0.39 is 0 Å². The second-order valence-corrected chi connectivity index (χ2v) is 3.75. The van der Waals surface area contributed by atoms with Gasteiger partial charge in [-0.1, -0.05) is 0 Å². The normalized spacial score (nSPS) is 7.90. The summed E-state index contributed by atoms with van der Waals surface area (Å²) in [7, 11) is 1.00.